The van der Waals surface area contributed by atoms with Crippen molar-refractivity contribution < 1.29 is 9.53 Å². The highest BCUT2D eigenvalue weighted by molar-refractivity contribution is 6.08. The van der Waals surface area contributed by atoms with E-state index in [1.807, 2.05) is 36.4 Å². The van der Waals surface area contributed by atoms with Crippen molar-refractivity contribution in [1.82, 2.24) is 9.80 Å². The minimum atomic E-state index is -0.656. The summed E-state index contributed by atoms with van der Waals surface area (Å²) in [6.45, 7) is 4.58. The first-order valence-electron chi connectivity index (χ1n) is 11.0. The number of methoxy groups -OCH3 is 1. The molecule has 1 heterocycles. The zero-order valence-electron chi connectivity index (χ0n) is 18.0. The highest BCUT2D eigenvalue weighted by Gasteiger charge is 2.52. The Bertz CT molecular complexity index is 1060. The molecule has 1 unspecified atom stereocenters. The first-order valence-corrected chi connectivity index (χ1v) is 11.0. The van der Waals surface area contributed by atoms with Gasteiger partial charge in [-0.2, -0.15) is 0 Å². The van der Waals surface area contributed by atoms with Crippen LogP contribution in [0.2, 0.25) is 0 Å². The average Bonchev–Trinajstić information content (AvgIpc) is 3.14. The number of fused-ring (bicyclic) bond motifs is 1. The summed E-state index contributed by atoms with van der Waals surface area (Å²) in [5.41, 5.74) is 3.59. The van der Waals surface area contributed by atoms with Crippen molar-refractivity contribution in [3.8, 4) is 5.75 Å². The van der Waals surface area contributed by atoms with E-state index in [-0.39, 0.29) is 5.78 Å². The predicted octanol–water partition coefficient (Wildman–Crippen LogP) is 4.15. The van der Waals surface area contributed by atoms with E-state index in [1.165, 1.54) is 5.56 Å². The van der Waals surface area contributed by atoms with Crippen molar-refractivity contribution in [2.24, 2.45) is 0 Å². The fourth-order valence-corrected chi connectivity index (χ4v) is 5.23. The highest BCUT2D eigenvalue weighted by Crippen LogP contribution is 2.45. The van der Waals surface area contributed by atoms with E-state index in [9.17, 15) is 4.79 Å². The first kappa shape index (κ1) is 20.0. The molecule has 1 fully saturated rings. The van der Waals surface area contributed by atoms with Gasteiger partial charge in [0.05, 0.1) is 7.11 Å². The molecule has 5 rings (SSSR count). The number of benzene rings is 3. The number of nitrogens with zero attached hydrogens (tertiary/aromatic N) is 2. The third kappa shape index (κ3) is 3.46. The van der Waals surface area contributed by atoms with Crippen molar-refractivity contribution in [1.29, 1.82) is 0 Å². The lowest BCUT2D eigenvalue weighted by atomic mass is 9.83. The Balaban J connectivity index is 1.45. The van der Waals surface area contributed by atoms with Crippen molar-refractivity contribution in [3.63, 3.8) is 0 Å². The molecule has 3 aromatic rings. The minimum Gasteiger partial charge on any atom is -0.496 e. The van der Waals surface area contributed by atoms with E-state index < -0.39 is 5.54 Å². The molecule has 1 saturated heterocycles. The number of hydrogen-bond acceptors (Lipinski definition) is 4. The summed E-state index contributed by atoms with van der Waals surface area (Å²) in [7, 11) is 1.69. The number of piperazine rings is 1. The molecule has 4 nitrogen and oxygen atoms in total. The maximum atomic E-state index is 13.9. The van der Waals surface area contributed by atoms with Crippen molar-refractivity contribution in [2.45, 2.75) is 18.5 Å². The molecule has 1 atom stereocenters. The molecule has 0 saturated carbocycles. The summed E-state index contributed by atoms with van der Waals surface area (Å²) in [4.78, 5) is 18.8. The zero-order chi connectivity index (χ0) is 21.3. The summed E-state index contributed by atoms with van der Waals surface area (Å²) in [5.74, 6) is 1.01. The Labute approximate surface area is 184 Å². The minimum absolute atomic E-state index is 0.198. The topological polar surface area (TPSA) is 32.8 Å². The van der Waals surface area contributed by atoms with Crippen LogP contribution in [0.25, 0.3) is 0 Å². The lowest BCUT2D eigenvalue weighted by Crippen LogP contribution is -2.58. The van der Waals surface area contributed by atoms with Crippen LogP contribution in [0.4, 0.5) is 0 Å². The summed E-state index contributed by atoms with van der Waals surface area (Å²) in [5, 5.41) is 0. The number of ketones is 1. The second kappa shape index (κ2) is 8.29. The Morgan fingerprint density at radius 3 is 2.19 bits per heavy atom. The fourth-order valence-electron chi connectivity index (χ4n) is 5.23. The molecular weight excluding hydrogens is 384 g/mol. The number of carbonyl (C=O) groups excluding carboxylic acids is 1. The monoisotopic (exact) mass is 412 g/mol. The van der Waals surface area contributed by atoms with Crippen LogP contribution >= 0.6 is 0 Å². The van der Waals surface area contributed by atoms with Gasteiger partial charge >= 0.3 is 0 Å². The molecular formula is C27H28N2O2. The van der Waals surface area contributed by atoms with Gasteiger partial charge in [0.2, 0.25) is 0 Å². The fraction of sp³-hybridized carbons (Fsp3) is 0.296. The highest BCUT2D eigenvalue weighted by atomic mass is 16.5. The van der Waals surface area contributed by atoms with Crippen LogP contribution in [0.3, 0.4) is 0 Å². The largest absolute Gasteiger partial charge is 0.496 e. The van der Waals surface area contributed by atoms with Crippen LogP contribution in [0.15, 0.2) is 78.9 Å². The molecule has 0 bridgehead atoms. The summed E-state index contributed by atoms with van der Waals surface area (Å²) in [6, 6.07) is 26.8. The SMILES string of the molecule is COc1cccc2c1CC(c1ccccc1)(N1CCN(Cc3ccccc3)CC1)C2=O. The second-order valence-corrected chi connectivity index (χ2v) is 8.47. The summed E-state index contributed by atoms with van der Waals surface area (Å²) >= 11 is 0. The smallest absolute Gasteiger partial charge is 0.188 e. The molecule has 0 amide bonds. The molecule has 158 valence electrons. The maximum Gasteiger partial charge on any atom is 0.188 e. The molecule has 2 aliphatic rings. The van der Waals surface area contributed by atoms with Crippen molar-refractivity contribution in [2.75, 3.05) is 33.3 Å². The third-order valence-corrected chi connectivity index (χ3v) is 6.82. The van der Waals surface area contributed by atoms with Gasteiger partial charge < -0.3 is 4.74 Å². The summed E-state index contributed by atoms with van der Waals surface area (Å²) in [6.07, 6.45) is 0.661. The van der Waals surface area contributed by atoms with Gasteiger partial charge in [0.15, 0.2) is 5.78 Å². The second-order valence-electron chi connectivity index (χ2n) is 8.47. The number of ether oxygens (including phenoxy) is 1. The molecule has 3 aromatic carbocycles. The van der Waals surface area contributed by atoms with Crippen LogP contribution < -0.4 is 4.74 Å². The van der Waals surface area contributed by atoms with Gasteiger partial charge in [-0.25, -0.2) is 0 Å². The van der Waals surface area contributed by atoms with Gasteiger partial charge in [0.1, 0.15) is 11.3 Å². The van der Waals surface area contributed by atoms with E-state index in [0.717, 1.165) is 55.2 Å². The summed E-state index contributed by atoms with van der Waals surface area (Å²) < 4.78 is 5.63. The van der Waals surface area contributed by atoms with Crippen LogP contribution in [0, 0.1) is 0 Å². The molecule has 4 heteroatoms. The lowest BCUT2D eigenvalue weighted by molar-refractivity contribution is 0.0287. The number of rotatable bonds is 5. The van der Waals surface area contributed by atoms with Crippen LogP contribution in [0.5, 0.6) is 5.75 Å². The molecule has 1 aliphatic heterocycles. The van der Waals surface area contributed by atoms with Gasteiger partial charge in [0, 0.05) is 50.3 Å². The molecule has 0 radical (unpaired) electrons. The van der Waals surface area contributed by atoms with E-state index in [2.05, 4.69) is 52.3 Å². The van der Waals surface area contributed by atoms with Gasteiger partial charge in [0.25, 0.3) is 0 Å². The van der Waals surface area contributed by atoms with E-state index in [1.54, 1.807) is 7.11 Å². The van der Waals surface area contributed by atoms with E-state index in [4.69, 9.17) is 4.74 Å². The molecule has 31 heavy (non-hydrogen) atoms. The third-order valence-electron chi connectivity index (χ3n) is 6.82. The van der Waals surface area contributed by atoms with Crippen LogP contribution in [-0.2, 0) is 18.5 Å². The average molecular weight is 413 g/mol. The number of carbonyl (C=O) groups is 1. The Kier molecular flexibility index (Phi) is 5.34. The zero-order valence-corrected chi connectivity index (χ0v) is 18.0. The maximum absolute atomic E-state index is 13.9. The first-order chi connectivity index (χ1) is 15.2. The number of hydrogen-bond donors (Lipinski definition) is 0. The van der Waals surface area contributed by atoms with Gasteiger partial charge in [-0.1, -0.05) is 72.8 Å². The predicted molar refractivity (Wildman–Crippen MR) is 122 cm³/mol. The van der Waals surface area contributed by atoms with E-state index >= 15 is 0 Å². The van der Waals surface area contributed by atoms with Gasteiger partial charge in [-0.15, -0.1) is 0 Å². The molecule has 0 N–H and O–H groups in total. The Hall–Kier alpha value is -2.95. The Morgan fingerprint density at radius 1 is 0.839 bits per heavy atom. The van der Waals surface area contributed by atoms with Crippen LogP contribution in [-0.4, -0.2) is 48.9 Å². The van der Waals surface area contributed by atoms with E-state index in [0.29, 0.717) is 6.42 Å². The molecule has 0 spiro atoms. The normalized spacial score (nSPS) is 21.8. The van der Waals surface area contributed by atoms with Crippen LogP contribution in [0.1, 0.15) is 27.0 Å². The van der Waals surface area contributed by atoms with Crippen molar-refractivity contribution in [3.05, 3.63) is 101 Å². The molecule has 0 aromatic heterocycles. The number of Topliss-reactive ketones (excluding diaryl/α,β-unsaturated/α-hetero) is 1. The quantitative estimate of drug-likeness (QED) is 0.630. The standard InChI is InChI=1S/C27H28N2O2/c1-31-25-14-8-13-23-24(25)19-27(26(23)30,22-11-6-3-7-12-22)29-17-15-28(16-18-29)20-21-9-4-2-5-10-21/h2-14H,15-20H2,1H3. The van der Waals surface area contributed by atoms with Gasteiger partial charge in [-0.3, -0.25) is 14.6 Å². The Morgan fingerprint density at radius 2 is 1.52 bits per heavy atom. The van der Waals surface area contributed by atoms with Gasteiger partial charge in [-0.05, 0) is 17.2 Å². The van der Waals surface area contributed by atoms with Crippen molar-refractivity contribution >= 4 is 5.78 Å². The lowest BCUT2D eigenvalue weighted by Gasteiger charge is -2.45. The molecule has 1 aliphatic carbocycles.